The molecule has 1 N–H and O–H groups in total. The molecule has 0 unspecified atom stereocenters. The molecule has 24 heavy (non-hydrogen) atoms. The van der Waals surface area contributed by atoms with Crippen LogP contribution in [0.15, 0.2) is 58.4 Å². The smallest absolute Gasteiger partial charge is 0.282 e. The van der Waals surface area contributed by atoms with E-state index in [1.807, 2.05) is 18.2 Å². The highest BCUT2D eigenvalue weighted by atomic mass is 16.1. The zero-order chi connectivity index (χ0) is 17.1. The molecule has 120 valence electrons. The van der Waals surface area contributed by atoms with Gasteiger partial charge in [0.25, 0.3) is 5.56 Å². The molecular weight excluding hydrogens is 304 g/mol. The SMILES string of the molecule is CC(=O)Nc1ccc(/C=N\n2c(C)nc3ccccc3c2=O)cc1. The molecule has 0 aliphatic heterocycles. The largest absolute Gasteiger partial charge is 0.326 e. The number of anilines is 1. The number of para-hydroxylation sites is 1. The minimum Gasteiger partial charge on any atom is -0.326 e. The van der Waals surface area contributed by atoms with E-state index in [0.29, 0.717) is 22.4 Å². The summed E-state index contributed by atoms with van der Waals surface area (Å²) in [5.74, 6) is 0.394. The second kappa shape index (κ2) is 6.45. The first-order chi connectivity index (χ1) is 11.5. The first kappa shape index (κ1) is 15.6. The van der Waals surface area contributed by atoms with E-state index in [9.17, 15) is 9.59 Å². The van der Waals surface area contributed by atoms with Gasteiger partial charge in [-0.05, 0) is 36.8 Å². The van der Waals surface area contributed by atoms with Crippen molar-refractivity contribution in [3.05, 3.63) is 70.3 Å². The third-order valence-corrected chi connectivity index (χ3v) is 3.47. The van der Waals surface area contributed by atoms with Crippen LogP contribution in [-0.2, 0) is 4.79 Å². The Balaban J connectivity index is 1.93. The number of aryl methyl sites for hydroxylation is 1. The van der Waals surface area contributed by atoms with Crippen molar-refractivity contribution < 1.29 is 4.79 Å². The fourth-order valence-electron chi connectivity index (χ4n) is 2.35. The van der Waals surface area contributed by atoms with E-state index in [1.165, 1.54) is 11.6 Å². The van der Waals surface area contributed by atoms with Crippen LogP contribution < -0.4 is 10.9 Å². The van der Waals surface area contributed by atoms with Crippen LogP contribution in [0, 0.1) is 6.92 Å². The number of amides is 1. The first-order valence-corrected chi connectivity index (χ1v) is 7.45. The summed E-state index contributed by atoms with van der Waals surface area (Å²) < 4.78 is 1.28. The van der Waals surface area contributed by atoms with E-state index >= 15 is 0 Å². The monoisotopic (exact) mass is 320 g/mol. The number of hydrogen-bond donors (Lipinski definition) is 1. The summed E-state index contributed by atoms with van der Waals surface area (Å²) in [4.78, 5) is 27.9. The maximum atomic E-state index is 12.5. The van der Waals surface area contributed by atoms with Crippen LogP contribution in [0.4, 0.5) is 5.69 Å². The standard InChI is InChI=1S/C18H16N4O2/c1-12-20-17-6-4-3-5-16(17)18(24)22(12)19-11-14-7-9-15(10-8-14)21-13(2)23/h3-11H,1-2H3,(H,21,23)/b19-11-. The fraction of sp³-hybridized carbons (Fsp3) is 0.111. The normalized spacial score (nSPS) is 11.1. The zero-order valence-electron chi connectivity index (χ0n) is 13.4. The molecule has 0 bridgehead atoms. The maximum absolute atomic E-state index is 12.5. The van der Waals surface area contributed by atoms with E-state index in [4.69, 9.17) is 0 Å². The minimum absolute atomic E-state index is 0.124. The second-order valence-corrected chi connectivity index (χ2v) is 5.34. The predicted molar refractivity (Wildman–Crippen MR) is 94.5 cm³/mol. The van der Waals surface area contributed by atoms with Gasteiger partial charge in [-0.3, -0.25) is 9.59 Å². The molecule has 0 saturated carbocycles. The van der Waals surface area contributed by atoms with Gasteiger partial charge < -0.3 is 5.32 Å². The van der Waals surface area contributed by atoms with Crippen LogP contribution >= 0.6 is 0 Å². The van der Waals surface area contributed by atoms with Gasteiger partial charge in [0.1, 0.15) is 5.82 Å². The molecule has 0 aliphatic rings. The van der Waals surface area contributed by atoms with Crippen LogP contribution in [0.5, 0.6) is 0 Å². The average molecular weight is 320 g/mol. The van der Waals surface area contributed by atoms with Crippen molar-refractivity contribution >= 4 is 28.7 Å². The number of aromatic nitrogens is 2. The van der Waals surface area contributed by atoms with Gasteiger partial charge in [0.05, 0.1) is 17.1 Å². The van der Waals surface area contributed by atoms with E-state index in [1.54, 1.807) is 43.5 Å². The minimum atomic E-state index is -0.204. The van der Waals surface area contributed by atoms with E-state index < -0.39 is 0 Å². The Kier molecular flexibility index (Phi) is 4.20. The molecule has 0 fully saturated rings. The average Bonchev–Trinajstić information content (AvgIpc) is 2.55. The molecule has 0 saturated heterocycles. The molecular formula is C18H16N4O2. The Hall–Kier alpha value is -3.28. The van der Waals surface area contributed by atoms with Gasteiger partial charge in [-0.2, -0.15) is 9.78 Å². The Morgan fingerprint density at radius 3 is 2.58 bits per heavy atom. The number of hydrogen-bond acceptors (Lipinski definition) is 4. The number of fused-ring (bicyclic) bond motifs is 1. The van der Waals surface area contributed by atoms with Crippen molar-refractivity contribution in [3.8, 4) is 0 Å². The van der Waals surface area contributed by atoms with Gasteiger partial charge in [-0.1, -0.05) is 24.3 Å². The lowest BCUT2D eigenvalue weighted by Gasteiger charge is -2.05. The number of benzene rings is 2. The van der Waals surface area contributed by atoms with Crippen molar-refractivity contribution in [2.24, 2.45) is 5.10 Å². The molecule has 3 aromatic rings. The Morgan fingerprint density at radius 2 is 1.88 bits per heavy atom. The molecule has 0 atom stereocenters. The quantitative estimate of drug-likeness (QED) is 0.753. The summed E-state index contributed by atoms with van der Waals surface area (Å²) in [6, 6.07) is 14.4. The van der Waals surface area contributed by atoms with Gasteiger partial charge in [-0.25, -0.2) is 4.98 Å². The molecule has 0 spiro atoms. The number of nitrogens with zero attached hydrogens (tertiary/aromatic N) is 3. The van der Waals surface area contributed by atoms with Crippen LogP contribution in [0.3, 0.4) is 0 Å². The van der Waals surface area contributed by atoms with Crippen molar-refractivity contribution in [3.63, 3.8) is 0 Å². The topological polar surface area (TPSA) is 76.3 Å². The van der Waals surface area contributed by atoms with Crippen LogP contribution in [0.25, 0.3) is 10.9 Å². The van der Waals surface area contributed by atoms with Gasteiger partial charge in [0, 0.05) is 12.6 Å². The number of rotatable bonds is 3. The summed E-state index contributed by atoms with van der Waals surface area (Å²) in [6.07, 6.45) is 1.59. The third kappa shape index (κ3) is 3.22. The molecule has 1 amide bonds. The zero-order valence-corrected chi connectivity index (χ0v) is 13.4. The van der Waals surface area contributed by atoms with Crippen molar-refractivity contribution in [2.75, 3.05) is 5.32 Å². The summed E-state index contributed by atoms with van der Waals surface area (Å²) in [7, 11) is 0. The molecule has 2 aromatic carbocycles. The molecule has 6 nitrogen and oxygen atoms in total. The molecule has 1 heterocycles. The van der Waals surface area contributed by atoms with Crippen molar-refractivity contribution in [1.82, 2.24) is 9.66 Å². The van der Waals surface area contributed by atoms with Gasteiger partial charge in [-0.15, -0.1) is 0 Å². The highest BCUT2D eigenvalue weighted by molar-refractivity contribution is 5.89. The van der Waals surface area contributed by atoms with E-state index in [2.05, 4.69) is 15.4 Å². The molecule has 3 rings (SSSR count). The number of nitrogens with one attached hydrogen (secondary N) is 1. The summed E-state index contributed by atoms with van der Waals surface area (Å²) in [5.41, 5.74) is 1.97. The number of carbonyl (C=O) groups is 1. The van der Waals surface area contributed by atoms with Gasteiger partial charge in [0.2, 0.25) is 5.91 Å². The Labute approximate surface area is 138 Å². The van der Waals surface area contributed by atoms with E-state index in [-0.39, 0.29) is 11.5 Å². The van der Waals surface area contributed by atoms with Crippen LogP contribution in [-0.4, -0.2) is 21.8 Å². The second-order valence-electron chi connectivity index (χ2n) is 5.34. The predicted octanol–water partition coefficient (Wildman–Crippen LogP) is 2.55. The first-order valence-electron chi connectivity index (χ1n) is 7.45. The van der Waals surface area contributed by atoms with Crippen LogP contribution in [0.2, 0.25) is 0 Å². The van der Waals surface area contributed by atoms with Crippen LogP contribution in [0.1, 0.15) is 18.3 Å². The van der Waals surface area contributed by atoms with E-state index in [0.717, 1.165) is 5.56 Å². The molecule has 0 aliphatic carbocycles. The maximum Gasteiger partial charge on any atom is 0.282 e. The summed E-state index contributed by atoms with van der Waals surface area (Å²) in [5, 5.41) is 7.47. The lowest BCUT2D eigenvalue weighted by molar-refractivity contribution is -0.114. The Bertz CT molecular complexity index is 988. The molecule has 1 aromatic heterocycles. The molecule has 6 heteroatoms. The van der Waals surface area contributed by atoms with Gasteiger partial charge >= 0.3 is 0 Å². The molecule has 0 radical (unpaired) electrons. The highest BCUT2D eigenvalue weighted by Gasteiger charge is 2.06. The highest BCUT2D eigenvalue weighted by Crippen LogP contribution is 2.09. The lowest BCUT2D eigenvalue weighted by Crippen LogP contribution is -2.20. The Morgan fingerprint density at radius 1 is 1.17 bits per heavy atom. The van der Waals surface area contributed by atoms with Gasteiger partial charge in [0.15, 0.2) is 0 Å². The summed E-state index contributed by atoms with van der Waals surface area (Å²) in [6.45, 7) is 3.20. The van der Waals surface area contributed by atoms with Crippen molar-refractivity contribution in [1.29, 1.82) is 0 Å². The fourth-order valence-corrected chi connectivity index (χ4v) is 2.35. The summed E-state index contributed by atoms with van der Waals surface area (Å²) >= 11 is 0. The third-order valence-electron chi connectivity index (χ3n) is 3.47. The number of carbonyl (C=O) groups excluding carboxylic acids is 1. The van der Waals surface area contributed by atoms with Crippen molar-refractivity contribution in [2.45, 2.75) is 13.8 Å². The lowest BCUT2D eigenvalue weighted by atomic mass is 10.2.